The number of benzene rings is 2. The van der Waals surface area contributed by atoms with Gasteiger partial charge in [0.2, 0.25) is 0 Å². The monoisotopic (exact) mass is 324 g/mol. The fraction of sp³-hybridized carbons (Fsp3) is 0.333. The summed E-state index contributed by atoms with van der Waals surface area (Å²) in [7, 11) is 3.78. The molecule has 6 nitrogen and oxygen atoms in total. The molecule has 0 aromatic heterocycles. The van der Waals surface area contributed by atoms with E-state index in [2.05, 4.69) is 20.7 Å². The Morgan fingerprint density at radius 3 is 1.29 bits per heavy atom. The number of rotatable bonds is 7. The lowest BCUT2D eigenvalue weighted by atomic mass is 10.2. The van der Waals surface area contributed by atoms with Crippen molar-refractivity contribution in [2.75, 3.05) is 27.2 Å². The minimum absolute atomic E-state index is 0.707. The Hall–Kier alpha value is -2.76. The third-order valence-electron chi connectivity index (χ3n) is 3.44. The average molecular weight is 324 g/mol. The Kier molecular flexibility index (Phi) is 6.42. The van der Waals surface area contributed by atoms with Gasteiger partial charge in [-0.15, -0.1) is 10.2 Å². The van der Waals surface area contributed by atoms with Crippen LogP contribution in [0.5, 0.6) is 0 Å². The summed E-state index contributed by atoms with van der Waals surface area (Å²) in [4.78, 5) is 0. The van der Waals surface area contributed by atoms with E-state index in [1.165, 1.54) is 11.1 Å². The van der Waals surface area contributed by atoms with Crippen LogP contribution in [0.25, 0.3) is 0 Å². The van der Waals surface area contributed by atoms with Crippen molar-refractivity contribution in [2.45, 2.75) is 13.8 Å². The van der Waals surface area contributed by atoms with Gasteiger partial charge in [-0.05, 0) is 38.1 Å². The zero-order valence-electron chi connectivity index (χ0n) is 14.7. The van der Waals surface area contributed by atoms with Gasteiger partial charge in [-0.3, -0.25) is 10.0 Å². The molecule has 0 saturated heterocycles. The van der Waals surface area contributed by atoms with Crippen LogP contribution in [0.4, 0.5) is 11.4 Å². The number of aryl methyl sites for hydroxylation is 2. The summed E-state index contributed by atoms with van der Waals surface area (Å²) in [5.41, 5.74) is 4.12. The smallest absolute Gasteiger partial charge is 0.0874 e. The summed E-state index contributed by atoms with van der Waals surface area (Å²) in [6.07, 6.45) is 0. The molecule has 0 unspecified atom stereocenters. The lowest BCUT2D eigenvalue weighted by molar-refractivity contribution is 0.252. The molecule has 0 fully saturated rings. The van der Waals surface area contributed by atoms with Gasteiger partial charge in [-0.2, -0.15) is 0 Å². The Bertz CT molecular complexity index is 614. The quantitative estimate of drug-likeness (QED) is 0.539. The molecule has 2 rings (SSSR count). The minimum atomic E-state index is 0.707. The van der Waals surface area contributed by atoms with Crippen molar-refractivity contribution in [3.63, 3.8) is 0 Å². The molecule has 6 heteroatoms. The van der Waals surface area contributed by atoms with Gasteiger partial charge < -0.3 is 0 Å². The maximum Gasteiger partial charge on any atom is 0.0874 e. The van der Waals surface area contributed by atoms with Crippen LogP contribution in [-0.4, -0.2) is 37.2 Å². The molecule has 0 aliphatic rings. The first-order valence-electron chi connectivity index (χ1n) is 7.92. The molecule has 2 aromatic carbocycles. The van der Waals surface area contributed by atoms with Gasteiger partial charge in [0.1, 0.15) is 0 Å². The molecule has 0 aliphatic carbocycles. The van der Waals surface area contributed by atoms with Crippen molar-refractivity contribution in [1.29, 1.82) is 0 Å². The minimum Gasteiger partial charge on any atom is -0.280 e. The van der Waals surface area contributed by atoms with Crippen LogP contribution in [0.2, 0.25) is 0 Å². The molecule has 0 aliphatic heterocycles. The van der Waals surface area contributed by atoms with E-state index < -0.39 is 0 Å². The highest BCUT2D eigenvalue weighted by Gasteiger charge is 1.98. The van der Waals surface area contributed by atoms with Crippen molar-refractivity contribution in [2.24, 2.45) is 20.7 Å². The van der Waals surface area contributed by atoms with E-state index in [1.54, 1.807) is 10.0 Å². The van der Waals surface area contributed by atoms with E-state index in [1.807, 2.05) is 76.5 Å². The third-order valence-corrected chi connectivity index (χ3v) is 3.44. The fourth-order valence-electron chi connectivity index (χ4n) is 1.86. The highest BCUT2D eigenvalue weighted by atomic mass is 15.6. The highest BCUT2D eigenvalue weighted by Crippen LogP contribution is 2.14. The lowest BCUT2D eigenvalue weighted by Crippen LogP contribution is -2.24. The van der Waals surface area contributed by atoms with Crippen LogP contribution in [0.3, 0.4) is 0 Å². The predicted octanol–water partition coefficient (Wildman–Crippen LogP) is 4.86. The van der Waals surface area contributed by atoms with Crippen LogP contribution in [0.15, 0.2) is 69.2 Å². The maximum atomic E-state index is 4.21. The van der Waals surface area contributed by atoms with Crippen LogP contribution in [0.1, 0.15) is 11.1 Å². The maximum absolute atomic E-state index is 4.21. The van der Waals surface area contributed by atoms with Crippen molar-refractivity contribution in [1.82, 2.24) is 10.0 Å². The molecule has 2 aromatic rings. The van der Waals surface area contributed by atoms with Crippen LogP contribution >= 0.6 is 0 Å². The summed E-state index contributed by atoms with van der Waals surface area (Å²) in [6.45, 7) is 5.51. The van der Waals surface area contributed by atoms with Gasteiger partial charge in [0.15, 0.2) is 0 Å². The highest BCUT2D eigenvalue weighted by molar-refractivity contribution is 5.38. The molecule has 0 N–H and O–H groups in total. The number of hydrogen-bond donors (Lipinski definition) is 0. The molecular weight excluding hydrogens is 300 g/mol. The second-order valence-corrected chi connectivity index (χ2v) is 5.81. The van der Waals surface area contributed by atoms with Crippen LogP contribution in [0, 0.1) is 13.8 Å². The SMILES string of the molecule is Cc1ccc(N=NN(C)CCN(C)N=Nc2ccc(C)cc2)cc1. The second kappa shape index (κ2) is 8.76. The largest absolute Gasteiger partial charge is 0.280 e. The average Bonchev–Trinajstić information content (AvgIpc) is 2.59. The van der Waals surface area contributed by atoms with Gasteiger partial charge in [0.05, 0.1) is 24.5 Å². The van der Waals surface area contributed by atoms with Crippen molar-refractivity contribution < 1.29 is 0 Å². The fourth-order valence-corrected chi connectivity index (χ4v) is 1.86. The standard InChI is InChI=1S/C18H24N6/c1-15-5-9-17(10-6-15)19-21-23(3)13-14-24(4)22-20-18-11-7-16(2)8-12-18/h5-12H,13-14H2,1-4H3. The molecule has 0 bridgehead atoms. The summed E-state index contributed by atoms with van der Waals surface area (Å²) in [5.74, 6) is 0. The molecule has 0 spiro atoms. The topological polar surface area (TPSA) is 55.9 Å². The summed E-state index contributed by atoms with van der Waals surface area (Å²) in [6, 6.07) is 15.9. The van der Waals surface area contributed by atoms with Crippen LogP contribution < -0.4 is 0 Å². The first kappa shape index (κ1) is 17.6. The number of hydrogen-bond acceptors (Lipinski definition) is 4. The Morgan fingerprint density at radius 2 is 0.958 bits per heavy atom. The van der Waals surface area contributed by atoms with Crippen LogP contribution in [-0.2, 0) is 0 Å². The molecule has 0 radical (unpaired) electrons. The second-order valence-electron chi connectivity index (χ2n) is 5.81. The Morgan fingerprint density at radius 1 is 0.625 bits per heavy atom. The zero-order chi connectivity index (χ0) is 17.4. The molecule has 0 heterocycles. The Labute approximate surface area is 143 Å². The van der Waals surface area contributed by atoms with Gasteiger partial charge in [-0.25, -0.2) is 0 Å². The molecule has 0 atom stereocenters. The molecule has 0 saturated carbocycles. The van der Waals surface area contributed by atoms with Crippen molar-refractivity contribution in [3.05, 3.63) is 59.7 Å². The van der Waals surface area contributed by atoms with Gasteiger partial charge >= 0.3 is 0 Å². The first-order chi connectivity index (χ1) is 11.5. The number of likely N-dealkylation sites (N-methyl/N-ethyl adjacent to an activating group) is 2. The normalized spacial score (nSPS) is 11.3. The third kappa shape index (κ3) is 6.16. The van der Waals surface area contributed by atoms with E-state index in [9.17, 15) is 0 Å². The van der Waals surface area contributed by atoms with Crippen molar-refractivity contribution in [3.8, 4) is 0 Å². The van der Waals surface area contributed by atoms with E-state index in [-0.39, 0.29) is 0 Å². The number of nitrogens with zero attached hydrogens (tertiary/aromatic N) is 6. The lowest BCUT2D eigenvalue weighted by Gasteiger charge is -2.15. The molecule has 0 amide bonds. The van der Waals surface area contributed by atoms with Crippen molar-refractivity contribution >= 4 is 11.4 Å². The summed E-state index contributed by atoms with van der Waals surface area (Å²) < 4.78 is 0. The van der Waals surface area contributed by atoms with E-state index in [4.69, 9.17) is 0 Å². The summed E-state index contributed by atoms with van der Waals surface area (Å²) >= 11 is 0. The zero-order valence-corrected chi connectivity index (χ0v) is 14.7. The van der Waals surface area contributed by atoms with Gasteiger partial charge in [-0.1, -0.05) is 45.8 Å². The Balaban J connectivity index is 1.77. The molecule has 24 heavy (non-hydrogen) atoms. The molecular formula is C18H24N6. The summed E-state index contributed by atoms with van der Waals surface area (Å²) in [5, 5.41) is 20.4. The predicted molar refractivity (Wildman–Crippen MR) is 96.7 cm³/mol. The van der Waals surface area contributed by atoms with E-state index in [0.29, 0.717) is 13.1 Å². The van der Waals surface area contributed by atoms with E-state index >= 15 is 0 Å². The van der Waals surface area contributed by atoms with Gasteiger partial charge in [0, 0.05) is 14.1 Å². The van der Waals surface area contributed by atoms with Gasteiger partial charge in [0.25, 0.3) is 0 Å². The first-order valence-corrected chi connectivity index (χ1v) is 7.92. The molecule has 126 valence electrons. The van der Waals surface area contributed by atoms with E-state index in [0.717, 1.165) is 11.4 Å².